The first-order valence-corrected chi connectivity index (χ1v) is 9.92. The van der Waals surface area contributed by atoms with Crippen LogP contribution in [-0.2, 0) is 33.5 Å². The SMILES string of the molecule is NC(=O)[C@@H](Cc1cccc(C(F)(F)F)c1)NC(=O)C[C@H](O)CNC(=O)OCc1ccccc1. The van der Waals surface area contributed by atoms with E-state index in [1.54, 1.807) is 24.3 Å². The quantitative estimate of drug-likeness (QED) is 0.424. The average molecular weight is 467 g/mol. The molecule has 0 saturated carbocycles. The van der Waals surface area contributed by atoms with E-state index in [2.05, 4.69) is 10.6 Å². The number of nitrogens with two attached hydrogens (primary N) is 1. The summed E-state index contributed by atoms with van der Waals surface area (Å²) in [6, 6.07) is 11.9. The number of alkyl carbamates (subject to hydrolysis) is 1. The van der Waals surface area contributed by atoms with Gasteiger partial charge in [-0.05, 0) is 17.2 Å². The van der Waals surface area contributed by atoms with Crippen LogP contribution in [0, 0.1) is 0 Å². The summed E-state index contributed by atoms with van der Waals surface area (Å²) >= 11 is 0. The third kappa shape index (κ3) is 9.19. The van der Waals surface area contributed by atoms with Gasteiger partial charge in [-0.15, -0.1) is 0 Å². The Morgan fingerprint density at radius 1 is 1.03 bits per heavy atom. The van der Waals surface area contributed by atoms with Crippen molar-refractivity contribution in [1.29, 1.82) is 0 Å². The Kier molecular flexibility index (Phi) is 9.22. The number of carbonyl (C=O) groups excluding carboxylic acids is 3. The number of carbonyl (C=O) groups is 3. The van der Waals surface area contributed by atoms with Crippen LogP contribution in [0.1, 0.15) is 23.1 Å². The van der Waals surface area contributed by atoms with Crippen LogP contribution in [0.15, 0.2) is 54.6 Å². The summed E-state index contributed by atoms with van der Waals surface area (Å²) in [7, 11) is 0. The minimum Gasteiger partial charge on any atom is -0.445 e. The fourth-order valence-corrected chi connectivity index (χ4v) is 2.85. The molecule has 11 heteroatoms. The topological polar surface area (TPSA) is 131 Å². The molecule has 0 spiro atoms. The molecule has 0 aliphatic carbocycles. The van der Waals surface area contributed by atoms with Crippen molar-refractivity contribution in [3.05, 3.63) is 71.3 Å². The summed E-state index contributed by atoms with van der Waals surface area (Å²) in [5, 5.41) is 14.5. The normalized spacial score (nSPS) is 13.0. The molecule has 0 heterocycles. The van der Waals surface area contributed by atoms with Crippen LogP contribution in [-0.4, -0.2) is 41.7 Å². The molecule has 2 atom stereocenters. The van der Waals surface area contributed by atoms with Gasteiger partial charge in [-0.2, -0.15) is 13.2 Å². The Morgan fingerprint density at radius 2 is 1.70 bits per heavy atom. The number of primary amides is 1. The predicted octanol–water partition coefficient (Wildman–Crippen LogP) is 1.90. The van der Waals surface area contributed by atoms with Gasteiger partial charge in [0.1, 0.15) is 12.6 Å². The van der Waals surface area contributed by atoms with Crippen molar-refractivity contribution >= 4 is 17.9 Å². The highest BCUT2D eigenvalue weighted by molar-refractivity contribution is 5.87. The van der Waals surface area contributed by atoms with E-state index in [4.69, 9.17) is 10.5 Å². The second kappa shape index (κ2) is 11.9. The first-order valence-electron chi connectivity index (χ1n) is 9.92. The molecule has 2 aromatic carbocycles. The molecule has 0 saturated heterocycles. The zero-order valence-electron chi connectivity index (χ0n) is 17.5. The number of nitrogens with one attached hydrogen (secondary N) is 2. The molecule has 0 bridgehead atoms. The average Bonchev–Trinajstić information content (AvgIpc) is 2.76. The Bertz CT molecular complexity index is 954. The first kappa shape index (κ1) is 25.7. The molecule has 178 valence electrons. The van der Waals surface area contributed by atoms with E-state index in [9.17, 15) is 32.7 Å². The minimum absolute atomic E-state index is 0.0269. The third-order valence-electron chi connectivity index (χ3n) is 4.49. The Hall–Kier alpha value is -3.60. The molecule has 3 amide bonds. The lowest BCUT2D eigenvalue weighted by Gasteiger charge is -2.18. The number of hydrogen-bond donors (Lipinski definition) is 4. The fraction of sp³-hybridized carbons (Fsp3) is 0.318. The number of alkyl halides is 3. The van der Waals surface area contributed by atoms with Crippen LogP contribution in [0.4, 0.5) is 18.0 Å². The molecular weight excluding hydrogens is 443 g/mol. The number of aliphatic hydroxyl groups excluding tert-OH is 1. The van der Waals surface area contributed by atoms with E-state index in [-0.39, 0.29) is 25.1 Å². The summed E-state index contributed by atoms with van der Waals surface area (Å²) in [6.45, 7) is -0.269. The smallest absolute Gasteiger partial charge is 0.416 e. The third-order valence-corrected chi connectivity index (χ3v) is 4.49. The number of benzene rings is 2. The van der Waals surface area contributed by atoms with Crippen molar-refractivity contribution in [3.63, 3.8) is 0 Å². The lowest BCUT2D eigenvalue weighted by molar-refractivity contribution is -0.137. The zero-order valence-corrected chi connectivity index (χ0v) is 17.5. The fourth-order valence-electron chi connectivity index (χ4n) is 2.85. The van der Waals surface area contributed by atoms with Gasteiger partial charge in [0.05, 0.1) is 18.1 Å². The molecule has 0 aliphatic heterocycles. The van der Waals surface area contributed by atoms with Crippen molar-refractivity contribution in [2.45, 2.75) is 37.8 Å². The van der Waals surface area contributed by atoms with Crippen molar-refractivity contribution in [2.24, 2.45) is 5.73 Å². The van der Waals surface area contributed by atoms with E-state index in [0.717, 1.165) is 17.7 Å². The van der Waals surface area contributed by atoms with Gasteiger partial charge in [0.2, 0.25) is 11.8 Å². The molecule has 0 fully saturated rings. The monoisotopic (exact) mass is 467 g/mol. The van der Waals surface area contributed by atoms with E-state index in [1.165, 1.54) is 12.1 Å². The van der Waals surface area contributed by atoms with Crippen molar-refractivity contribution in [3.8, 4) is 0 Å². The second-order valence-corrected chi connectivity index (χ2v) is 7.23. The highest BCUT2D eigenvalue weighted by atomic mass is 19.4. The van der Waals surface area contributed by atoms with Crippen LogP contribution < -0.4 is 16.4 Å². The van der Waals surface area contributed by atoms with Gasteiger partial charge in [0, 0.05) is 13.0 Å². The lowest BCUT2D eigenvalue weighted by atomic mass is 10.0. The van der Waals surface area contributed by atoms with Gasteiger partial charge in [-0.3, -0.25) is 9.59 Å². The standard InChI is InChI=1S/C22H24F3N3O5/c23-22(24,25)16-8-4-7-15(9-16)10-18(20(26)31)28-19(30)11-17(29)12-27-21(32)33-13-14-5-2-1-3-6-14/h1-9,17-18,29H,10-13H2,(H2,26,31)(H,27,32)(H,28,30)/t17-,18+/m0/s1. The predicted molar refractivity (Wildman–Crippen MR) is 112 cm³/mol. The van der Waals surface area contributed by atoms with Gasteiger partial charge >= 0.3 is 12.3 Å². The number of amides is 3. The first-order chi connectivity index (χ1) is 15.5. The molecule has 2 rings (SSSR count). The van der Waals surface area contributed by atoms with E-state index >= 15 is 0 Å². The molecular formula is C22H24F3N3O5. The summed E-state index contributed by atoms with van der Waals surface area (Å²) in [4.78, 5) is 35.5. The molecule has 0 unspecified atom stereocenters. The van der Waals surface area contributed by atoms with Gasteiger partial charge in [-0.25, -0.2) is 4.79 Å². The van der Waals surface area contributed by atoms with Crippen LogP contribution in [0.3, 0.4) is 0 Å². The molecule has 5 N–H and O–H groups in total. The summed E-state index contributed by atoms with van der Waals surface area (Å²) in [5.74, 6) is -1.71. The van der Waals surface area contributed by atoms with Crippen molar-refractivity contribution < 1.29 is 37.4 Å². The second-order valence-electron chi connectivity index (χ2n) is 7.23. The number of rotatable bonds is 10. The maximum Gasteiger partial charge on any atom is 0.416 e. The number of aliphatic hydroxyl groups is 1. The number of ether oxygens (including phenoxy) is 1. The Balaban J connectivity index is 1.80. The Morgan fingerprint density at radius 3 is 2.33 bits per heavy atom. The largest absolute Gasteiger partial charge is 0.445 e. The van der Waals surface area contributed by atoms with E-state index < -0.39 is 48.2 Å². The number of halogens is 3. The van der Waals surface area contributed by atoms with Crippen LogP contribution in [0.25, 0.3) is 0 Å². The van der Waals surface area contributed by atoms with Crippen LogP contribution >= 0.6 is 0 Å². The maximum atomic E-state index is 12.9. The highest BCUT2D eigenvalue weighted by Gasteiger charge is 2.31. The summed E-state index contributed by atoms with van der Waals surface area (Å²) in [6.07, 6.45) is -7.38. The lowest BCUT2D eigenvalue weighted by Crippen LogP contribution is -2.47. The molecule has 0 aliphatic rings. The van der Waals surface area contributed by atoms with Gasteiger partial charge in [0.25, 0.3) is 0 Å². The maximum absolute atomic E-state index is 12.9. The molecule has 0 radical (unpaired) electrons. The summed E-state index contributed by atoms with van der Waals surface area (Å²) in [5.41, 5.74) is 5.28. The zero-order chi connectivity index (χ0) is 24.4. The highest BCUT2D eigenvalue weighted by Crippen LogP contribution is 2.29. The van der Waals surface area contributed by atoms with E-state index in [1.807, 2.05) is 6.07 Å². The molecule has 8 nitrogen and oxygen atoms in total. The van der Waals surface area contributed by atoms with Gasteiger partial charge in [-0.1, -0.05) is 48.5 Å². The van der Waals surface area contributed by atoms with Crippen LogP contribution in [0.2, 0.25) is 0 Å². The molecule has 33 heavy (non-hydrogen) atoms. The van der Waals surface area contributed by atoms with Gasteiger partial charge in [0.15, 0.2) is 0 Å². The molecule has 2 aromatic rings. The molecule has 0 aromatic heterocycles. The van der Waals surface area contributed by atoms with E-state index in [0.29, 0.717) is 0 Å². The minimum atomic E-state index is -4.55. The van der Waals surface area contributed by atoms with Crippen molar-refractivity contribution in [2.75, 3.05) is 6.54 Å². The van der Waals surface area contributed by atoms with Crippen molar-refractivity contribution in [1.82, 2.24) is 10.6 Å². The number of hydrogen-bond acceptors (Lipinski definition) is 5. The Labute approximate surface area is 187 Å². The van der Waals surface area contributed by atoms with Gasteiger partial charge < -0.3 is 26.2 Å². The van der Waals surface area contributed by atoms with Crippen LogP contribution in [0.5, 0.6) is 0 Å². The summed E-state index contributed by atoms with van der Waals surface area (Å²) < 4.78 is 43.5.